The van der Waals surface area contributed by atoms with Gasteiger partial charge in [0.05, 0.1) is 25.3 Å². The van der Waals surface area contributed by atoms with E-state index in [1.165, 1.54) is 56.9 Å². The van der Waals surface area contributed by atoms with Crippen LogP contribution in [0.2, 0.25) is 0 Å². The smallest absolute Gasteiger partial charge is 0.255 e. The molecular weight excluding hydrogens is 524 g/mol. The number of hydrogen-bond donors (Lipinski definition) is 2. The minimum Gasteiger partial charge on any atom is -0.496 e. The molecule has 0 unspecified atom stereocenters. The highest BCUT2D eigenvalue weighted by Crippen LogP contribution is 2.42. The van der Waals surface area contributed by atoms with E-state index < -0.39 is 0 Å². The fourth-order valence-corrected chi connectivity index (χ4v) is 6.56. The zero-order valence-corrected chi connectivity index (χ0v) is 26.5. The van der Waals surface area contributed by atoms with Crippen molar-refractivity contribution in [3.8, 4) is 11.5 Å². The van der Waals surface area contributed by atoms with Crippen LogP contribution in [0.1, 0.15) is 106 Å². The van der Waals surface area contributed by atoms with Gasteiger partial charge in [0.2, 0.25) is 0 Å². The number of benzene rings is 2. The summed E-state index contributed by atoms with van der Waals surface area (Å²) in [6.45, 7) is 12.2. The summed E-state index contributed by atoms with van der Waals surface area (Å²) in [6, 6.07) is 14.7. The summed E-state index contributed by atoms with van der Waals surface area (Å²) in [7, 11) is 3.19. The van der Waals surface area contributed by atoms with Gasteiger partial charge < -0.3 is 20.1 Å². The summed E-state index contributed by atoms with van der Waals surface area (Å²) < 4.78 is 10.5. The lowest BCUT2D eigenvalue weighted by atomic mass is 9.67. The van der Waals surface area contributed by atoms with Crippen molar-refractivity contribution in [2.24, 2.45) is 16.7 Å². The Bertz CT molecular complexity index is 1180. The number of amides is 2. The van der Waals surface area contributed by atoms with Crippen molar-refractivity contribution in [2.75, 3.05) is 27.3 Å². The molecule has 2 fully saturated rings. The molecule has 4 rings (SSSR count). The Hall–Kier alpha value is -3.28. The maximum atomic E-state index is 12.4. The second kappa shape index (κ2) is 15.8. The molecule has 2 aromatic carbocycles. The lowest BCUT2D eigenvalue weighted by Gasteiger charge is -2.41. The lowest BCUT2D eigenvalue weighted by Crippen LogP contribution is -2.42. The molecule has 0 atom stereocenters. The molecule has 0 aliphatic heterocycles. The number of para-hydroxylation sites is 2. The molecular formula is C36H52N2O4. The first-order valence-corrected chi connectivity index (χ1v) is 15.7. The SMILES string of the molecule is C=C(C)C1(CNC(=O)c2ccccc2OC)CCCCC1.COc1ccccc1C(=O)NCC1(C(C)C)CCCCC1. The Labute approximate surface area is 253 Å². The minimum atomic E-state index is -0.0707. The minimum absolute atomic E-state index is 0.0296. The van der Waals surface area contributed by atoms with Gasteiger partial charge in [0.15, 0.2) is 0 Å². The van der Waals surface area contributed by atoms with Crippen molar-refractivity contribution < 1.29 is 19.1 Å². The highest BCUT2D eigenvalue weighted by Gasteiger charge is 2.36. The maximum Gasteiger partial charge on any atom is 0.255 e. The van der Waals surface area contributed by atoms with Gasteiger partial charge >= 0.3 is 0 Å². The molecule has 230 valence electrons. The number of methoxy groups -OCH3 is 2. The molecule has 0 aromatic heterocycles. The molecule has 42 heavy (non-hydrogen) atoms. The van der Waals surface area contributed by atoms with E-state index in [4.69, 9.17) is 9.47 Å². The molecule has 2 aromatic rings. The molecule has 0 saturated heterocycles. The van der Waals surface area contributed by atoms with Crippen LogP contribution in [0.3, 0.4) is 0 Å². The van der Waals surface area contributed by atoms with Gasteiger partial charge in [-0.15, -0.1) is 0 Å². The van der Waals surface area contributed by atoms with Crippen molar-refractivity contribution in [3.63, 3.8) is 0 Å². The van der Waals surface area contributed by atoms with Crippen LogP contribution in [0.5, 0.6) is 11.5 Å². The van der Waals surface area contributed by atoms with Gasteiger partial charge in [-0.25, -0.2) is 0 Å². The van der Waals surface area contributed by atoms with Gasteiger partial charge in [-0.2, -0.15) is 0 Å². The van der Waals surface area contributed by atoms with Crippen LogP contribution in [0.15, 0.2) is 60.7 Å². The van der Waals surface area contributed by atoms with E-state index in [-0.39, 0.29) is 22.6 Å². The zero-order chi connectivity index (χ0) is 30.6. The zero-order valence-electron chi connectivity index (χ0n) is 26.5. The van der Waals surface area contributed by atoms with Gasteiger partial charge in [0.1, 0.15) is 11.5 Å². The monoisotopic (exact) mass is 576 g/mol. The van der Waals surface area contributed by atoms with Crippen LogP contribution >= 0.6 is 0 Å². The van der Waals surface area contributed by atoms with Crippen LogP contribution < -0.4 is 20.1 Å². The third-order valence-corrected chi connectivity index (χ3v) is 9.68. The van der Waals surface area contributed by atoms with E-state index >= 15 is 0 Å². The van der Waals surface area contributed by atoms with Crippen LogP contribution in [-0.4, -0.2) is 39.1 Å². The Morgan fingerprint density at radius 2 is 1.17 bits per heavy atom. The Balaban J connectivity index is 0.000000230. The summed E-state index contributed by atoms with van der Waals surface area (Å²) >= 11 is 0. The van der Waals surface area contributed by atoms with Gasteiger partial charge in [0.25, 0.3) is 11.8 Å². The van der Waals surface area contributed by atoms with E-state index in [0.29, 0.717) is 35.1 Å². The predicted octanol–water partition coefficient (Wildman–Crippen LogP) is 7.98. The predicted molar refractivity (Wildman–Crippen MR) is 171 cm³/mol. The largest absolute Gasteiger partial charge is 0.496 e. The highest BCUT2D eigenvalue weighted by atomic mass is 16.5. The molecule has 2 saturated carbocycles. The Morgan fingerprint density at radius 1 is 0.738 bits per heavy atom. The first-order chi connectivity index (χ1) is 20.2. The van der Waals surface area contributed by atoms with E-state index in [0.717, 1.165) is 19.4 Å². The van der Waals surface area contributed by atoms with E-state index in [9.17, 15) is 9.59 Å². The molecule has 2 aliphatic rings. The van der Waals surface area contributed by atoms with Crippen LogP contribution in [-0.2, 0) is 0 Å². The molecule has 0 heterocycles. The molecule has 2 amide bonds. The standard InChI is InChI=1S/C18H27NO2.C18H25NO2/c2*1-14(2)18(11-7-4-8-12-18)13-19-17(20)15-9-5-6-10-16(15)21-3/h5-6,9-10,14H,4,7-8,11-13H2,1-3H3,(H,19,20);5-6,9-10H,1,4,7-8,11-13H2,2-3H3,(H,19,20). The number of carbonyl (C=O) groups excluding carboxylic acids is 2. The van der Waals surface area contributed by atoms with Crippen LogP contribution in [0.25, 0.3) is 0 Å². The topological polar surface area (TPSA) is 76.7 Å². The number of carbonyl (C=O) groups is 2. The van der Waals surface area contributed by atoms with Gasteiger partial charge in [-0.1, -0.05) is 88.8 Å². The fraction of sp³-hybridized carbons (Fsp3) is 0.556. The third-order valence-electron chi connectivity index (χ3n) is 9.68. The number of hydrogen-bond acceptors (Lipinski definition) is 4. The van der Waals surface area contributed by atoms with E-state index in [1.54, 1.807) is 20.3 Å². The van der Waals surface area contributed by atoms with Crippen molar-refractivity contribution in [2.45, 2.75) is 85.0 Å². The molecule has 0 spiro atoms. The summed E-state index contributed by atoms with van der Waals surface area (Å²) in [5.74, 6) is 1.74. The molecule has 6 nitrogen and oxygen atoms in total. The first kappa shape index (κ1) is 33.2. The van der Waals surface area contributed by atoms with Crippen LogP contribution in [0, 0.1) is 16.7 Å². The average Bonchev–Trinajstić information content (AvgIpc) is 3.03. The fourth-order valence-electron chi connectivity index (χ4n) is 6.56. The number of ether oxygens (including phenoxy) is 2. The quantitative estimate of drug-likeness (QED) is 0.281. The van der Waals surface area contributed by atoms with Crippen molar-refractivity contribution in [1.29, 1.82) is 0 Å². The highest BCUT2D eigenvalue weighted by molar-refractivity contribution is 5.97. The van der Waals surface area contributed by atoms with Gasteiger partial charge in [0, 0.05) is 18.5 Å². The molecule has 2 aliphatic carbocycles. The second-order valence-electron chi connectivity index (χ2n) is 12.5. The molecule has 0 bridgehead atoms. The first-order valence-electron chi connectivity index (χ1n) is 15.7. The number of nitrogens with one attached hydrogen (secondary N) is 2. The number of rotatable bonds is 10. The normalized spacial score (nSPS) is 17.3. The lowest BCUT2D eigenvalue weighted by molar-refractivity contribution is 0.0833. The van der Waals surface area contributed by atoms with Crippen molar-refractivity contribution >= 4 is 11.8 Å². The average molecular weight is 577 g/mol. The summed E-state index contributed by atoms with van der Waals surface area (Å²) in [4.78, 5) is 24.9. The Kier molecular flexibility index (Phi) is 12.5. The van der Waals surface area contributed by atoms with Crippen LogP contribution in [0.4, 0.5) is 0 Å². The molecule has 2 N–H and O–H groups in total. The van der Waals surface area contributed by atoms with E-state index in [1.807, 2.05) is 42.5 Å². The van der Waals surface area contributed by atoms with Gasteiger partial charge in [-0.3, -0.25) is 9.59 Å². The Morgan fingerprint density at radius 3 is 1.60 bits per heavy atom. The molecule has 6 heteroatoms. The second-order valence-corrected chi connectivity index (χ2v) is 12.5. The van der Waals surface area contributed by atoms with Gasteiger partial charge in [-0.05, 0) is 68.2 Å². The summed E-state index contributed by atoms with van der Waals surface area (Å²) in [5, 5.41) is 6.23. The summed E-state index contributed by atoms with van der Waals surface area (Å²) in [5.41, 5.74) is 2.72. The summed E-state index contributed by atoms with van der Waals surface area (Å²) in [6.07, 6.45) is 12.3. The van der Waals surface area contributed by atoms with Crippen molar-refractivity contribution in [1.82, 2.24) is 10.6 Å². The third kappa shape index (κ3) is 8.39. The van der Waals surface area contributed by atoms with E-state index in [2.05, 4.69) is 38.0 Å². The van der Waals surface area contributed by atoms with Crippen molar-refractivity contribution in [3.05, 3.63) is 71.8 Å². The molecule has 0 radical (unpaired) electrons. The maximum absolute atomic E-state index is 12.4.